The van der Waals surface area contributed by atoms with E-state index in [1.54, 1.807) is 0 Å². The summed E-state index contributed by atoms with van der Waals surface area (Å²) in [6.45, 7) is 2.83. The van der Waals surface area contributed by atoms with Crippen LogP contribution in [0, 0.1) is 0 Å². The Bertz CT molecular complexity index is 312. The molecular weight excluding hydrogens is 210 g/mol. The van der Waals surface area contributed by atoms with E-state index in [2.05, 4.69) is 9.88 Å². The van der Waals surface area contributed by atoms with Crippen LogP contribution in [0.4, 0.5) is 0 Å². The lowest BCUT2D eigenvalue weighted by Gasteiger charge is -2.22. The molecule has 1 aliphatic heterocycles. The minimum atomic E-state index is 0.542. The highest BCUT2D eigenvalue weighted by molar-refractivity contribution is 6.29. The topological polar surface area (TPSA) is 42.1 Å². The van der Waals surface area contributed by atoms with E-state index >= 15 is 0 Å². The maximum atomic E-state index is 5.74. The third-order valence-electron chi connectivity index (χ3n) is 2.95. The van der Waals surface area contributed by atoms with E-state index in [0.29, 0.717) is 11.2 Å². The number of likely N-dealkylation sites (tertiary alicyclic amines) is 1. The Morgan fingerprint density at radius 1 is 1.53 bits per heavy atom. The largest absolute Gasteiger partial charge is 0.329 e. The average molecular weight is 226 g/mol. The predicted octanol–water partition coefficient (Wildman–Crippen LogP) is 1.66. The molecule has 0 unspecified atom stereocenters. The third kappa shape index (κ3) is 2.68. The molecule has 0 radical (unpaired) electrons. The first-order valence-electron chi connectivity index (χ1n) is 5.34. The molecule has 0 aliphatic carbocycles. The molecule has 1 fully saturated rings. The number of halogens is 1. The molecule has 0 aromatic carbocycles. The molecule has 0 amide bonds. The number of pyridine rings is 1. The zero-order valence-corrected chi connectivity index (χ0v) is 9.45. The molecule has 0 bridgehead atoms. The lowest BCUT2D eigenvalue weighted by Crippen LogP contribution is -2.34. The molecule has 15 heavy (non-hydrogen) atoms. The van der Waals surface area contributed by atoms with Gasteiger partial charge >= 0.3 is 0 Å². The van der Waals surface area contributed by atoms with Gasteiger partial charge in [-0.15, -0.1) is 0 Å². The molecule has 1 saturated heterocycles. The summed E-state index contributed by atoms with van der Waals surface area (Å²) >= 11 is 5.74. The predicted molar refractivity (Wildman–Crippen MR) is 61.7 cm³/mol. The molecule has 1 aromatic rings. The summed E-state index contributed by atoms with van der Waals surface area (Å²) in [5.74, 6) is 0. The third-order valence-corrected chi connectivity index (χ3v) is 3.17. The number of rotatable bonds is 3. The SMILES string of the molecule is NC[C@@H]1CCCN1Cc1ccc(Cl)nc1. The number of nitrogens with zero attached hydrogens (tertiary/aromatic N) is 2. The van der Waals surface area contributed by atoms with Gasteiger partial charge in [0.05, 0.1) is 0 Å². The zero-order chi connectivity index (χ0) is 10.7. The quantitative estimate of drug-likeness (QED) is 0.796. The Labute approximate surface area is 95.2 Å². The van der Waals surface area contributed by atoms with Crippen LogP contribution in [-0.4, -0.2) is 29.0 Å². The van der Waals surface area contributed by atoms with Crippen molar-refractivity contribution in [2.75, 3.05) is 13.1 Å². The van der Waals surface area contributed by atoms with Gasteiger partial charge in [0.2, 0.25) is 0 Å². The van der Waals surface area contributed by atoms with Crippen molar-refractivity contribution in [3.63, 3.8) is 0 Å². The first kappa shape index (κ1) is 10.9. The van der Waals surface area contributed by atoms with Crippen molar-refractivity contribution in [2.45, 2.75) is 25.4 Å². The fraction of sp³-hybridized carbons (Fsp3) is 0.545. The van der Waals surface area contributed by atoms with E-state index in [-0.39, 0.29) is 0 Å². The van der Waals surface area contributed by atoms with Crippen molar-refractivity contribution in [3.8, 4) is 0 Å². The molecule has 4 heteroatoms. The van der Waals surface area contributed by atoms with Crippen LogP contribution in [-0.2, 0) is 6.54 Å². The summed E-state index contributed by atoms with van der Waals surface area (Å²) in [5, 5.41) is 0.551. The minimum Gasteiger partial charge on any atom is -0.329 e. The van der Waals surface area contributed by atoms with Crippen molar-refractivity contribution >= 4 is 11.6 Å². The summed E-state index contributed by atoms with van der Waals surface area (Å²) < 4.78 is 0. The molecule has 0 spiro atoms. The summed E-state index contributed by atoms with van der Waals surface area (Å²) in [6.07, 6.45) is 4.31. The van der Waals surface area contributed by atoms with Gasteiger partial charge in [0.25, 0.3) is 0 Å². The fourth-order valence-corrected chi connectivity index (χ4v) is 2.22. The van der Waals surface area contributed by atoms with Gasteiger partial charge in [-0.25, -0.2) is 4.98 Å². The summed E-state index contributed by atoms with van der Waals surface area (Å²) in [6, 6.07) is 4.41. The second-order valence-electron chi connectivity index (χ2n) is 3.99. The second-order valence-corrected chi connectivity index (χ2v) is 4.38. The van der Waals surface area contributed by atoms with Crippen molar-refractivity contribution < 1.29 is 0 Å². The molecule has 1 aliphatic rings. The Morgan fingerprint density at radius 3 is 3.07 bits per heavy atom. The molecular formula is C11H16ClN3. The van der Waals surface area contributed by atoms with Gasteiger partial charge in [0, 0.05) is 25.3 Å². The first-order valence-corrected chi connectivity index (χ1v) is 5.72. The summed E-state index contributed by atoms with van der Waals surface area (Å²) in [7, 11) is 0. The van der Waals surface area contributed by atoms with E-state index in [9.17, 15) is 0 Å². The number of hydrogen-bond donors (Lipinski definition) is 1. The van der Waals surface area contributed by atoms with Gasteiger partial charge in [-0.2, -0.15) is 0 Å². The number of aromatic nitrogens is 1. The van der Waals surface area contributed by atoms with E-state index in [4.69, 9.17) is 17.3 Å². The van der Waals surface area contributed by atoms with Gasteiger partial charge in [0.1, 0.15) is 5.15 Å². The number of nitrogens with two attached hydrogens (primary N) is 1. The molecule has 1 atom stereocenters. The highest BCUT2D eigenvalue weighted by Gasteiger charge is 2.22. The Morgan fingerprint density at radius 2 is 2.40 bits per heavy atom. The van der Waals surface area contributed by atoms with Crippen LogP contribution >= 0.6 is 11.6 Å². The lowest BCUT2D eigenvalue weighted by molar-refractivity contribution is 0.250. The molecule has 82 valence electrons. The van der Waals surface area contributed by atoms with E-state index in [1.165, 1.54) is 18.4 Å². The molecule has 2 rings (SSSR count). The first-order chi connectivity index (χ1) is 7.29. The maximum Gasteiger partial charge on any atom is 0.129 e. The fourth-order valence-electron chi connectivity index (χ4n) is 2.10. The smallest absolute Gasteiger partial charge is 0.129 e. The van der Waals surface area contributed by atoms with Crippen molar-refractivity contribution in [1.82, 2.24) is 9.88 Å². The van der Waals surface area contributed by atoms with Crippen LogP contribution < -0.4 is 5.73 Å². The van der Waals surface area contributed by atoms with Crippen LogP contribution in [0.1, 0.15) is 18.4 Å². The standard InChI is InChI=1S/C11H16ClN3/c12-11-4-3-9(7-14-11)8-15-5-1-2-10(15)6-13/h3-4,7,10H,1-2,5-6,8,13H2/t10-/m0/s1. The highest BCUT2D eigenvalue weighted by atomic mass is 35.5. The molecule has 3 nitrogen and oxygen atoms in total. The Balaban J connectivity index is 1.99. The van der Waals surface area contributed by atoms with Crippen molar-refractivity contribution in [1.29, 1.82) is 0 Å². The van der Waals surface area contributed by atoms with Crippen LogP contribution in [0.15, 0.2) is 18.3 Å². The van der Waals surface area contributed by atoms with Gasteiger partial charge in [-0.3, -0.25) is 4.90 Å². The molecule has 0 saturated carbocycles. The Kier molecular flexibility index (Phi) is 3.57. The monoisotopic (exact) mass is 225 g/mol. The highest BCUT2D eigenvalue weighted by Crippen LogP contribution is 2.19. The van der Waals surface area contributed by atoms with Gasteiger partial charge < -0.3 is 5.73 Å². The number of hydrogen-bond acceptors (Lipinski definition) is 3. The minimum absolute atomic E-state index is 0.542. The van der Waals surface area contributed by atoms with Crippen LogP contribution in [0.3, 0.4) is 0 Å². The molecule has 2 N–H and O–H groups in total. The molecule has 2 heterocycles. The zero-order valence-electron chi connectivity index (χ0n) is 8.69. The molecule has 1 aromatic heterocycles. The van der Waals surface area contributed by atoms with Crippen molar-refractivity contribution in [2.24, 2.45) is 5.73 Å². The van der Waals surface area contributed by atoms with E-state index in [1.807, 2.05) is 18.3 Å². The van der Waals surface area contributed by atoms with Gasteiger partial charge in [0.15, 0.2) is 0 Å². The normalized spacial score (nSPS) is 22.1. The van der Waals surface area contributed by atoms with Crippen LogP contribution in [0.5, 0.6) is 0 Å². The summed E-state index contributed by atoms with van der Waals surface area (Å²) in [4.78, 5) is 6.50. The second kappa shape index (κ2) is 4.92. The van der Waals surface area contributed by atoms with Gasteiger partial charge in [-0.1, -0.05) is 17.7 Å². The van der Waals surface area contributed by atoms with Crippen LogP contribution in [0.25, 0.3) is 0 Å². The Hall–Kier alpha value is -0.640. The average Bonchev–Trinajstić information content (AvgIpc) is 2.69. The maximum absolute atomic E-state index is 5.74. The summed E-state index contributed by atoms with van der Waals surface area (Å²) in [5.41, 5.74) is 6.93. The lowest BCUT2D eigenvalue weighted by atomic mass is 10.2. The van der Waals surface area contributed by atoms with Crippen molar-refractivity contribution in [3.05, 3.63) is 29.0 Å². The van der Waals surface area contributed by atoms with Gasteiger partial charge in [-0.05, 0) is 31.0 Å². The van der Waals surface area contributed by atoms with E-state index < -0.39 is 0 Å². The van der Waals surface area contributed by atoms with Crippen LogP contribution in [0.2, 0.25) is 5.15 Å². The van der Waals surface area contributed by atoms with E-state index in [0.717, 1.165) is 19.6 Å².